The van der Waals surface area contributed by atoms with Crippen LogP contribution in [-0.2, 0) is 20.9 Å². The van der Waals surface area contributed by atoms with Crippen molar-refractivity contribution in [3.8, 4) is 0 Å². The minimum Gasteiger partial charge on any atom is -0.375 e. The summed E-state index contributed by atoms with van der Waals surface area (Å²) in [6, 6.07) is 10.0. The van der Waals surface area contributed by atoms with Crippen LogP contribution in [0.25, 0.3) is 0 Å². The van der Waals surface area contributed by atoms with Crippen molar-refractivity contribution in [3.05, 3.63) is 35.9 Å². The molecule has 1 heterocycles. The molecule has 2 N–H and O–H groups in total. The molecule has 1 aromatic rings. The van der Waals surface area contributed by atoms with Crippen LogP contribution in [0.5, 0.6) is 0 Å². The normalized spacial score (nSPS) is 23.8. The first kappa shape index (κ1) is 13.1. The van der Waals surface area contributed by atoms with Crippen LogP contribution in [0.15, 0.2) is 30.3 Å². The van der Waals surface area contributed by atoms with Crippen molar-refractivity contribution in [2.45, 2.75) is 25.6 Å². The number of hydrogen-bond acceptors (Lipinski definition) is 3. The molecule has 4 heteroatoms. The van der Waals surface area contributed by atoms with Crippen molar-refractivity contribution in [1.82, 2.24) is 0 Å². The van der Waals surface area contributed by atoms with E-state index in [1.807, 2.05) is 30.3 Å². The second-order valence-electron chi connectivity index (χ2n) is 4.63. The predicted octanol–water partition coefficient (Wildman–Crippen LogP) is 1.48. The average Bonchev–Trinajstić information content (AvgIpc) is 2.40. The van der Waals surface area contributed by atoms with Crippen molar-refractivity contribution in [2.75, 3.05) is 13.2 Å². The van der Waals surface area contributed by atoms with E-state index in [2.05, 4.69) is 0 Å². The van der Waals surface area contributed by atoms with Gasteiger partial charge in [0, 0.05) is 0 Å². The van der Waals surface area contributed by atoms with Gasteiger partial charge in [-0.15, -0.1) is 0 Å². The first-order valence-corrected chi connectivity index (χ1v) is 6.28. The Hall–Kier alpha value is -1.39. The molecule has 0 bridgehead atoms. The quantitative estimate of drug-likeness (QED) is 0.860. The van der Waals surface area contributed by atoms with E-state index in [0.717, 1.165) is 18.4 Å². The molecule has 18 heavy (non-hydrogen) atoms. The van der Waals surface area contributed by atoms with Gasteiger partial charge in [-0.1, -0.05) is 30.3 Å². The Morgan fingerprint density at radius 2 is 2.11 bits per heavy atom. The Balaban J connectivity index is 1.65. The Labute approximate surface area is 107 Å². The predicted molar refractivity (Wildman–Crippen MR) is 67.8 cm³/mol. The molecule has 4 nitrogen and oxygen atoms in total. The highest BCUT2D eigenvalue weighted by Gasteiger charge is 2.25. The molecule has 2 unspecified atom stereocenters. The Kier molecular flexibility index (Phi) is 4.73. The Morgan fingerprint density at radius 3 is 2.72 bits per heavy atom. The number of hydrogen-bond donors (Lipinski definition) is 1. The number of carbonyl (C=O) groups is 1. The molecule has 0 radical (unpaired) electrons. The molecule has 0 spiro atoms. The van der Waals surface area contributed by atoms with Crippen LogP contribution < -0.4 is 5.73 Å². The first-order chi connectivity index (χ1) is 8.75. The van der Waals surface area contributed by atoms with Gasteiger partial charge in [0.1, 0.15) is 0 Å². The molecule has 2 atom stereocenters. The van der Waals surface area contributed by atoms with E-state index in [-0.39, 0.29) is 17.9 Å². The van der Waals surface area contributed by atoms with Crippen LogP contribution in [0, 0.1) is 5.92 Å². The topological polar surface area (TPSA) is 61.6 Å². The number of primary amides is 1. The van der Waals surface area contributed by atoms with Gasteiger partial charge in [0.15, 0.2) is 0 Å². The summed E-state index contributed by atoms with van der Waals surface area (Å²) >= 11 is 0. The lowest BCUT2D eigenvalue weighted by Crippen LogP contribution is -2.36. The van der Waals surface area contributed by atoms with Crippen molar-refractivity contribution in [2.24, 2.45) is 11.7 Å². The van der Waals surface area contributed by atoms with Crippen molar-refractivity contribution < 1.29 is 14.3 Å². The van der Waals surface area contributed by atoms with Gasteiger partial charge in [0.2, 0.25) is 5.91 Å². The highest BCUT2D eigenvalue weighted by molar-refractivity contribution is 5.76. The van der Waals surface area contributed by atoms with E-state index in [4.69, 9.17) is 15.2 Å². The van der Waals surface area contributed by atoms with E-state index in [1.54, 1.807) is 0 Å². The molecule has 1 aliphatic heterocycles. The average molecular weight is 249 g/mol. The van der Waals surface area contributed by atoms with Gasteiger partial charge in [0.25, 0.3) is 0 Å². The molecule has 0 saturated carbocycles. The van der Waals surface area contributed by atoms with Gasteiger partial charge in [-0.25, -0.2) is 0 Å². The molecule has 0 aromatic heterocycles. The molecule has 1 fully saturated rings. The summed E-state index contributed by atoms with van der Waals surface area (Å²) in [5.74, 6) is -0.394. The Morgan fingerprint density at radius 1 is 1.33 bits per heavy atom. The number of rotatable bonds is 5. The molecular weight excluding hydrogens is 230 g/mol. The second-order valence-corrected chi connectivity index (χ2v) is 4.63. The summed E-state index contributed by atoms with van der Waals surface area (Å²) in [6.07, 6.45) is 1.72. The highest BCUT2D eigenvalue weighted by atomic mass is 16.5. The van der Waals surface area contributed by atoms with E-state index >= 15 is 0 Å². The lowest BCUT2D eigenvalue weighted by Gasteiger charge is -2.27. The third-order valence-corrected chi connectivity index (χ3v) is 3.19. The number of amides is 1. The summed E-state index contributed by atoms with van der Waals surface area (Å²) in [4.78, 5) is 11.0. The van der Waals surface area contributed by atoms with Crippen LogP contribution in [0.2, 0.25) is 0 Å². The van der Waals surface area contributed by atoms with Crippen molar-refractivity contribution in [3.63, 3.8) is 0 Å². The van der Waals surface area contributed by atoms with E-state index in [0.29, 0.717) is 19.8 Å². The maximum Gasteiger partial charge on any atom is 0.222 e. The molecule has 98 valence electrons. The number of benzene rings is 1. The van der Waals surface area contributed by atoms with Crippen molar-refractivity contribution >= 4 is 5.91 Å². The summed E-state index contributed by atoms with van der Waals surface area (Å²) in [5, 5.41) is 0. The van der Waals surface area contributed by atoms with E-state index in [9.17, 15) is 4.79 Å². The SMILES string of the molecule is NC(=O)C1CCC(COCc2ccccc2)OC1. The largest absolute Gasteiger partial charge is 0.375 e. The van der Waals surface area contributed by atoms with Crippen LogP contribution >= 0.6 is 0 Å². The lowest BCUT2D eigenvalue weighted by molar-refractivity contribution is -0.130. The maximum atomic E-state index is 11.0. The Bertz CT molecular complexity index is 372. The van der Waals surface area contributed by atoms with Crippen LogP contribution in [-0.4, -0.2) is 25.2 Å². The van der Waals surface area contributed by atoms with Gasteiger partial charge in [0.05, 0.1) is 31.8 Å². The minimum absolute atomic E-state index is 0.0873. The highest BCUT2D eigenvalue weighted by Crippen LogP contribution is 2.19. The standard InChI is InChI=1S/C14H19NO3/c15-14(16)12-6-7-13(18-9-12)10-17-8-11-4-2-1-3-5-11/h1-5,12-13H,6-10H2,(H2,15,16). The molecular formula is C14H19NO3. The fraction of sp³-hybridized carbons (Fsp3) is 0.500. The number of carbonyl (C=O) groups excluding carboxylic acids is 1. The molecule has 0 aliphatic carbocycles. The molecule has 1 amide bonds. The first-order valence-electron chi connectivity index (χ1n) is 6.28. The molecule has 2 rings (SSSR count). The van der Waals surface area contributed by atoms with Crippen LogP contribution in [0.3, 0.4) is 0 Å². The van der Waals surface area contributed by atoms with Gasteiger partial charge in [-0.2, -0.15) is 0 Å². The molecule has 1 aliphatic rings. The fourth-order valence-corrected chi connectivity index (χ4v) is 2.04. The maximum absolute atomic E-state index is 11.0. The van der Waals surface area contributed by atoms with E-state index in [1.165, 1.54) is 0 Å². The lowest BCUT2D eigenvalue weighted by atomic mass is 9.98. The van der Waals surface area contributed by atoms with Crippen LogP contribution in [0.1, 0.15) is 18.4 Å². The van der Waals surface area contributed by atoms with Gasteiger partial charge < -0.3 is 15.2 Å². The van der Waals surface area contributed by atoms with Crippen molar-refractivity contribution in [1.29, 1.82) is 0 Å². The van der Waals surface area contributed by atoms with Crippen LogP contribution in [0.4, 0.5) is 0 Å². The van der Waals surface area contributed by atoms with Gasteiger partial charge >= 0.3 is 0 Å². The summed E-state index contributed by atoms with van der Waals surface area (Å²) in [6.45, 7) is 1.59. The third-order valence-electron chi connectivity index (χ3n) is 3.19. The summed E-state index contributed by atoms with van der Waals surface area (Å²) in [5.41, 5.74) is 6.39. The smallest absolute Gasteiger partial charge is 0.222 e. The zero-order valence-corrected chi connectivity index (χ0v) is 10.4. The summed E-state index contributed by atoms with van der Waals surface area (Å²) < 4.78 is 11.2. The van der Waals surface area contributed by atoms with Gasteiger partial charge in [-0.05, 0) is 18.4 Å². The number of nitrogens with two attached hydrogens (primary N) is 1. The second kappa shape index (κ2) is 6.52. The van der Waals surface area contributed by atoms with E-state index < -0.39 is 0 Å². The van der Waals surface area contributed by atoms with Gasteiger partial charge in [-0.3, -0.25) is 4.79 Å². The zero-order chi connectivity index (χ0) is 12.8. The third kappa shape index (κ3) is 3.82. The zero-order valence-electron chi connectivity index (χ0n) is 10.4. The summed E-state index contributed by atoms with van der Waals surface area (Å²) in [7, 11) is 0. The monoisotopic (exact) mass is 249 g/mol. The minimum atomic E-state index is -0.265. The number of ether oxygens (including phenoxy) is 2. The molecule has 1 saturated heterocycles. The fourth-order valence-electron chi connectivity index (χ4n) is 2.04. The molecule has 1 aromatic carbocycles.